The summed E-state index contributed by atoms with van der Waals surface area (Å²) >= 11 is 0. The van der Waals surface area contributed by atoms with Gasteiger partial charge in [-0.15, -0.1) is 0 Å². The molecule has 0 bridgehead atoms. The predicted molar refractivity (Wildman–Crippen MR) is 77.4 cm³/mol. The zero-order valence-corrected chi connectivity index (χ0v) is 11.7. The van der Waals surface area contributed by atoms with Crippen molar-refractivity contribution in [1.29, 1.82) is 0 Å². The minimum absolute atomic E-state index is 0.445. The number of aliphatic carboxylic acids is 1. The van der Waals surface area contributed by atoms with Crippen LogP contribution in [-0.4, -0.2) is 18.2 Å². The molecule has 0 aliphatic rings. The van der Waals surface area contributed by atoms with Crippen molar-refractivity contribution in [2.75, 3.05) is 7.11 Å². The first kappa shape index (κ1) is 15.3. The molecule has 1 rings (SSSR count). The predicted octanol–water partition coefficient (Wildman–Crippen LogP) is 4.13. The summed E-state index contributed by atoms with van der Waals surface area (Å²) in [6.07, 6.45) is 6.62. The second-order valence-electron chi connectivity index (χ2n) is 4.53. The Kier molecular flexibility index (Phi) is 6.72. The number of rotatable bonds is 8. The maximum Gasteiger partial charge on any atom is 0.331 e. The third-order valence-electron chi connectivity index (χ3n) is 3.04. The van der Waals surface area contributed by atoms with Crippen LogP contribution >= 0.6 is 0 Å². The largest absolute Gasteiger partial charge is 0.496 e. The third-order valence-corrected chi connectivity index (χ3v) is 3.04. The Morgan fingerprint density at radius 2 is 2.00 bits per heavy atom. The lowest BCUT2D eigenvalue weighted by Crippen LogP contribution is -2.01. The lowest BCUT2D eigenvalue weighted by Gasteiger charge is -2.06. The molecule has 0 atom stereocenters. The smallest absolute Gasteiger partial charge is 0.331 e. The van der Waals surface area contributed by atoms with Crippen LogP contribution in [0.25, 0.3) is 6.08 Å². The Hall–Kier alpha value is -1.77. The van der Waals surface area contributed by atoms with Gasteiger partial charge in [-0.2, -0.15) is 0 Å². The second-order valence-corrected chi connectivity index (χ2v) is 4.53. The Morgan fingerprint density at radius 3 is 2.63 bits per heavy atom. The number of unbranched alkanes of at least 4 members (excludes halogenated alkanes) is 3. The zero-order valence-electron chi connectivity index (χ0n) is 11.7. The van der Waals surface area contributed by atoms with E-state index in [1.165, 1.54) is 0 Å². The van der Waals surface area contributed by atoms with Gasteiger partial charge in [-0.25, -0.2) is 4.79 Å². The van der Waals surface area contributed by atoms with Gasteiger partial charge in [0.1, 0.15) is 5.75 Å². The first-order valence-electron chi connectivity index (χ1n) is 6.76. The Balaban J connectivity index is 2.79. The van der Waals surface area contributed by atoms with Gasteiger partial charge >= 0.3 is 5.97 Å². The number of para-hydroxylation sites is 1. The van der Waals surface area contributed by atoms with Crippen LogP contribution in [0.5, 0.6) is 5.75 Å². The molecule has 0 saturated carbocycles. The molecule has 0 aromatic heterocycles. The van der Waals surface area contributed by atoms with Gasteiger partial charge in [0, 0.05) is 11.1 Å². The molecule has 0 fully saturated rings. The molecule has 19 heavy (non-hydrogen) atoms. The summed E-state index contributed by atoms with van der Waals surface area (Å²) in [5.74, 6) is -0.141. The van der Waals surface area contributed by atoms with Gasteiger partial charge in [-0.05, 0) is 25.0 Å². The van der Waals surface area contributed by atoms with Gasteiger partial charge in [0.05, 0.1) is 7.11 Å². The molecule has 3 heteroatoms. The Labute approximate surface area is 114 Å². The Bertz CT molecular complexity index is 435. The topological polar surface area (TPSA) is 46.5 Å². The number of hydrogen-bond donors (Lipinski definition) is 1. The van der Waals surface area contributed by atoms with Gasteiger partial charge in [0.25, 0.3) is 0 Å². The normalized spacial score (nSPS) is 11.4. The van der Waals surface area contributed by atoms with E-state index in [2.05, 4.69) is 6.92 Å². The summed E-state index contributed by atoms with van der Waals surface area (Å²) in [6.45, 7) is 2.14. The van der Waals surface area contributed by atoms with E-state index in [4.69, 9.17) is 4.74 Å². The van der Waals surface area contributed by atoms with Crippen molar-refractivity contribution in [3.05, 3.63) is 35.4 Å². The summed E-state index contributed by atoms with van der Waals surface area (Å²) < 4.78 is 5.23. The van der Waals surface area contributed by atoms with Gasteiger partial charge < -0.3 is 9.84 Å². The average molecular weight is 262 g/mol. The minimum Gasteiger partial charge on any atom is -0.496 e. The quantitative estimate of drug-likeness (QED) is 0.566. The highest BCUT2D eigenvalue weighted by molar-refractivity contribution is 5.92. The highest BCUT2D eigenvalue weighted by Crippen LogP contribution is 2.22. The van der Waals surface area contributed by atoms with Crippen LogP contribution in [-0.2, 0) is 4.79 Å². The molecular formula is C16H22O3. The number of carboxylic acids is 1. The van der Waals surface area contributed by atoms with Crippen LogP contribution < -0.4 is 4.74 Å². The number of carbonyl (C=O) groups is 1. The van der Waals surface area contributed by atoms with E-state index in [1.54, 1.807) is 13.2 Å². The van der Waals surface area contributed by atoms with Crippen LogP contribution in [0.1, 0.15) is 44.6 Å². The molecule has 0 radical (unpaired) electrons. The zero-order chi connectivity index (χ0) is 14.1. The van der Waals surface area contributed by atoms with Crippen molar-refractivity contribution in [2.24, 2.45) is 0 Å². The van der Waals surface area contributed by atoms with E-state index in [-0.39, 0.29) is 0 Å². The molecule has 0 aliphatic heterocycles. The first-order valence-corrected chi connectivity index (χ1v) is 6.76. The highest BCUT2D eigenvalue weighted by Gasteiger charge is 2.08. The van der Waals surface area contributed by atoms with Crippen molar-refractivity contribution in [2.45, 2.75) is 39.0 Å². The second kappa shape index (κ2) is 8.35. The van der Waals surface area contributed by atoms with E-state index in [0.29, 0.717) is 17.7 Å². The molecule has 0 heterocycles. The molecular weight excluding hydrogens is 240 g/mol. The van der Waals surface area contributed by atoms with Crippen LogP contribution in [0.15, 0.2) is 29.8 Å². The van der Waals surface area contributed by atoms with Crippen LogP contribution in [0.3, 0.4) is 0 Å². The molecule has 0 aliphatic carbocycles. The summed E-state index contributed by atoms with van der Waals surface area (Å²) in [4.78, 5) is 11.3. The fourth-order valence-corrected chi connectivity index (χ4v) is 1.96. The summed E-state index contributed by atoms with van der Waals surface area (Å²) in [6, 6.07) is 7.46. The number of ether oxygens (including phenoxy) is 1. The lowest BCUT2D eigenvalue weighted by molar-refractivity contribution is -0.132. The molecule has 1 aromatic carbocycles. The van der Waals surface area contributed by atoms with Gasteiger partial charge in [0.2, 0.25) is 0 Å². The van der Waals surface area contributed by atoms with E-state index in [1.807, 2.05) is 24.3 Å². The molecule has 3 nitrogen and oxygen atoms in total. The molecule has 0 amide bonds. The number of benzene rings is 1. The molecule has 0 saturated heterocycles. The fourth-order valence-electron chi connectivity index (χ4n) is 1.96. The van der Waals surface area contributed by atoms with Gasteiger partial charge in [-0.1, -0.05) is 44.4 Å². The van der Waals surface area contributed by atoms with Crippen molar-refractivity contribution in [1.82, 2.24) is 0 Å². The third kappa shape index (κ3) is 5.16. The summed E-state index contributed by atoms with van der Waals surface area (Å²) in [7, 11) is 1.59. The van der Waals surface area contributed by atoms with E-state index >= 15 is 0 Å². The Morgan fingerprint density at radius 1 is 1.26 bits per heavy atom. The maximum atomic E-state index is 11.3. The average Bonchev–Trinajstić information content (AvgIpc) is 2.42. The highest BCUT2D eigenvalue weighted by atomic mass is 16.5. The van der Waals surface area contributed by atoms with E-state index < -0.39 is 5.97 Å². The van der Waals surface area contributed by atoms with Crippen molar-refractivity contribution in [3.63, 3.8) is 0 Å². The van der Waals surface area contributed by atoms with E-state index in [9.17, 15) is 9.90 Å². The van der Waals surface area contributed by atoms with Crippen LogP contribution in [0.4, 0.5) is 0 Å². The standard InChI is InChI=1S/C16H22O3/c1-3-4-5-6-10-14(16(17)18)12-13-9-7-8-11-15(13)19-2/h7-9,11-12H,3-6,10H2,1-2H3,(H,17,18). The summed E-state index contributed by atoms with van der Waals surface area (Å²) in [5.41, 5.74) is 1.26. The van der Waals surface area contributed by atoms with Crippen molar-refractivity contribution in [3.8, 4) is 5.75 Å². The van der Waals surface area contributed by atoms with E-state index in [0.717, 1.165) is 31.2 Å². The molecule has 1 N–H and O–H groups in total. The molecule has 0 unspecified atom stereocenters. The fraction of sp³-hybridized carbons (Fsp3) is 0.438. The van der Waals surface area contributed by atoms with Crippen LogP contribution in [0.2, 0.25) is 0 Å². The maximum absolute atomic E-state index is 11.3. The first-order chi connectivity index (χ1) is 9.19. The summed E-state index contributed by atoms with van der Waals surface area (Å²) in [5, 5.41) is 9.25. The number of methoxy groups -OCH3 is 1. The van der Waals surface area contributed by atoms with Gasteiger partial charge in [-0.3, -0.25) is 0 Å². The molecule has 1 aromatic rings. The van der Waals surface area contributed by atoms with Crippen molar-refractivity contribution < 1.29 is 14.6 Å². The monoisotopic (exact) mass is 262 g/mol. The molecule has 0 spiro atoms. The number of hydrogen-bond acceptors (Lipinski definition) is 2. The van der Waals surface area contributed by atoms with Crippen LogP contribution in [0, 0.1) is 0 Å². The minimum atomic E-state index is -0.845. The molecule has 104 valence electrons. The lowest BCUT2D eigenvalue weighted by atomic mass is 10.0. The van der Waals surface area contributed by atoms with Gasteiger partial charge in [0.15, 0.2) is 0 Å². The number of carboxylic acid groups (broad SMARTS) is 1. The van der Waals surface area contributed by atoms with Crippen molar-refractivity contribution >= 4 is 12.0 Å². The SMILES string of the molecule is CCCCCCC(=Cc1ccccc1OC)C(=O)O.